The lowest BCUT2D eigenvalue weighted by atomic mass is 10.1. The molecule has 0 spiro atoms. The molecule has 29 heavy (non-hydrogen) atoms. The minimum absolute atomic E-state index is 0.107. The van der Waals surface area contributed by atoms with Gasteiger partial charge in [-0.15, -0.1) is 5.10 Å². The fourth-order valence-corrected chi connectivity index (χ4v) is 3.79. The molecule has 2 amide bonds. The van der Waals surface area contributed by atoms with Crippen molar-refractivity contribution in [1.82, 2.24) is 25.3 Å². The predicted molar refractivity (Wildman–Crippen MR) is 107 cm³/mol. The van der Waals surface area contributed by atoms with E-state index in [0.29, 0.717) is 36.6 Å². The van der Waals surface area contributed by atoms with Gasteiger partial charge in [0.1, 0.15) is 12.2 Å². The van der Waals surface area contributed by atoms with E-state index in [1.165, 1.54) is 0 Å². The van der Waals surface area contributed by atoms with Crippen LogP contribution in [0.3, 0.4) is 0 Å². The Morgan fingerprint density at radius 3 is 3.07 bits per heavy atom. The van der Waals surface area contributed by atoms with E-state index in [-0.39, 0.29) is 18.2 Å². The van der Waals surface area contributed by atoms with Gasteiger partial charge in [0.25, 0.3) is 0 Å². The van der Waals surface area contributed by atoms with Crippen molar-refractivity contribution >= 4 is 11.8 Å². The first-order chi connectivity index (χ1) is 14.0. The van der Waals surface area contributed by atoms with Crippen molar-refractivity contribution < 1.29 is 14.3 Å². The van der Waals surface area contributed by atoms with Crippen LogP contribution in [0.2, 0.25) is 0 Å². The van der Waals surface area contributed by atoms with Crippen molar-refractivity contribution in [2.24, 2.45) is 5.92 Å². The van der Waals surface area contributed by atoms with Gasteiger partial charge in [-0.2, -0.15) is 10.2 Å². The van der Waals surface area contributed by atoms with E-state index in [1.54, 1.807) is 6.20 Å². The maximum absolute atomic E-state index is 12.3. The Labute approximate surface area is 170 Å². The Kier molecular flexibility index (Phi) is 5.66. The van der Waals surface area contributed by atoms with Gasteiger partial charge < -0.3 is 14.4 Å². The molecular formula is C20H28N6O3. The molecule has 156 valence electrons. The summed E-state index contributed by atoms with van der Waals surface area (Å²) in [5.41, 5.74) is 1.86. The Morgan fingerprint density at radius 2 is 2.31 bits per heavy atom. The first-order valence-corrected chi connectivity index (χ1v) is 10.2. The summed E-state index contributed by atoms with van der Waals surface area (Å²) < 4.78 is 11.9. The fraction of sp³-hybridized carbons (Fsp3) is 0.600. The minimum atomic E-state index is -0.163. The molecule has 0 aliphatic carbocycles. The lowest BCUT2D eigenvalue weighted by Crippen LogP contribution is -2.32. The molecule has 0 saturated carbocycles. The van der Waals surface area contributed by atoms with Crippen LogP contribution in [-0.2, 0) is 4.74 Å². The molecule has 4 rings (SSSR count). The number of aromatic nitrogens is 4. The molecule has 0 radical (unpaired) electrons. The van der Waals surface area contributed by atoms with Crippen LogP contribution in [0, 0.1) is 5.92 Å². The van der Waals surface area contributed by atoms with Crippen LogP contribution in [0.25, 0.3) is 0 Å². The SMILES string of the molecule is CC(C)c1ccnnc1O[C@@H]1CO[C@H](c2cc(NC(=O)N3CC[C@@H](C)C3)n[nH]2)C1. The third-order valence-electron chi connectivity index (χ3n) is 5.47. The van der Waals surface area contributed by atoms with Crippen molar-refractivity contribution in [1.29, 1.82) is 0 Å². The smallest absolute Gasteiger partial charge is 0.323 e. The highest BCUT2D eigenvalue weighted by atomic mass is 16.6. The molecule has 0 aromatic carbocycles. The number of hydrogen-bond acceptors (Lipinski definition) is 6. The summed E-state index contributed by atoms with van der Waals surface area (Å²) in [7, 11) is 0. The quantitative estimate of drug-likeness (QED) is 0.799. The molecule has 2 aromatic heterocycles. The zero-order valence-corrected chi connectivity index (χ0v) is 17.1. The highest BCUT2D eigenvalue weighted by molar-refractivity contribution is 5.88. The summed E-state index contributed by atoms with van der Waals surface area (Å²) in [6.45, 7) is 8.39. The largest absolute Gasteiger partial charge is 0.471 e. The van der Waals surface area contributed by atoms with E-state index in [9.17, 15) is 4.79 Å². The highest BCUT2D eigenvalue weighted by Crippen LogP contribution is 2.32. The van der Waals surface area contributed by atoms with Gasteiger partial charge in [0.05, 0.1) is 18.5 Å². The number of nitrogens with zero attached hydrogens (tertiary/aromatic N) is 4. The van der Waals surface area contributed by atoms with Gasteiger partial charge in [0.15, 0.2) is 5.82 Å². The number of ether oxygens (including phenoxy) is 2. The van der Waals surface area contributed by atoms with Crippen LogP contribution in [0.15, 0.2) is 18.3 Å². The number of amides is 2. The first-order valence-electron chi connectivity index (χ1n) is 10.2. The number of carbonyl (C=O) groups excluding carboxylic acids is 1. The van der Waals surface area contributed by atoms with Gasteiger partial charge in [-0.3, -0.25) is 10.4 Å². The van der Waals surface area contributed by atoms with E-state index < -0.39 is 0 Å². The maximum atomic E-state index is 12.3. The number of likely N-dealkylation sites (tertiary alicyclic amines) is 1. The maximum Gasteiger partial charge on any atom is 0.323 e. The number of rotatable bonds is 5. The monoisotopic (exact) mass is 400 g/mol. The van der Waals surface area contributed by atoms with Gasteiger partial charge >= 0.3 is 6.03 Å². The molecule has 2 N–H and O–H groups in total. The van der Waals surface area contributed by atoms with Gasteiger partial charge in [0.2, 0.25) is 5.88 Å². The van der Waals surface area contributed by atoms with Crippen LogP contribution < -0.4 is 10.1 Å². The number of hydrogen-bond donors (Lipinski definition) is 2. The lowest BCUT2D eigenvalue weighted by molar-refractivity contribution is 0.0905. The molecule has 2 saturated heterocycles. The molecule has 2 aliphatic heterocycles. The third-order valence-corrected chi connectivity index (χ3v) is 5.47. The first kappa shape index (κ1) is 19.6. The predicted octanol–water partition coefficient (Wildman–Crippen LogP) is 3.11. The van der Waals surface area contributed by atoms with E-state index in [2.05, 4.69) is 46.5 Å². The van der Waals surface area contributed by atoms with E-state index in [0.717, 1.165) is 30.8 Å². The van der Waals surface area contributed by atoms with Crippen molar-refractivity contribution in [3.8, 4) is 5.88 Å². The summed E-state index contributed by atoms with van der Waals surface area (Å²) in [5, 5.41) is 18.1. The number of anilines is 1. The van der Waals surface area contributed by atoms with Crippen molar-refractivity contribution in [2.75, 3.05) is 25.0 Å². The Morgan fingerprint density at radius 1 is 1.45 bits per heavy atom. The number of nitrogens with one attached hydrogen (secondary N) is 2. The molecule has 9 nitrogen and oxygen atoms in total. The van der Waals surface area contributed by atoms with Crippen LogP contribution in [0.1, 0.15) is 56.9 Å². The van der Waals surface area contributed by atoms with Gasteiger partial charge in [-0.25, -0.2) is 4.79 Å². The molecule has 0 bridgehead atoms. The molecule has 0 unspecified atom stereocenters. The minimum Gasteiger partial charge on any atom is -0.471 e. The van der Waals surface area contributed by atoms with Crippen LogP contribution in [0.5, 0.6) is 5.88 Å². The van der Waals surface area contributed by atoms with E-state index >= 15 is 0 Å². The molecule has 2 aromatic rings. The second-order valence-corrected chi connectivity index (χ2v) is 8.22. The van der Waals surface area contributed by atoms with Crippen molar-refractivity contribution in [3.05, 3.63) is 29.6 Å². The number of urea groups is 1. The Hall–Kier alpha value is -2.68. The summed E-state index contributed by atoms with van der Waals surface area (Å²) >= 11 is 0. The second kappa shape index (κ2) is 8.36. The van der Waals surface area contributed by atoms with Crippen molar-refractivity contribution in [2.45, 2.75) is 51.7 Å². The summed E-state index contributed by atoms with van der Waals surface area (Å²) in [6, 6.07) is 3.65. The zero-order valence-electron chi connectivity index (χ0n) is 17.1. The topological polar surface area (TPSA) is 105 Å². The number of H-pyrrole nitrogens is 1. The molecule has 2 aliphatic rings. The van der Waals surface area contributed by atoms with Crippen LogP contribution >= 0.6 is 0 Å². The Balaban J connectivity index is 1.34. The van der Waals surface area contributed by atoms with Gasteiger partial charge in [-0.05, 0) is 24.3 Å². The van der Waals surface area contributed by atoms with Gasteiger partial charge in [0, 0.05) is 31.1 Å². The normalized spacial score (nSPS) is 24.3. The Bertz CT molecular complexity index is 854. The van der Waals surface area contributed by atoms with E-state index in [1.807, 2.05) is 17.0 Å². The summed E-state index contributed by atoms with van der Waals surface area (Å²) in [4.78, 5) is 14.2. The number of aromatic amines is 1. The molecule has 3 atom stereocenters. The molecular weight excluding hydrogens is 372 g/mol. The van der Waals surface area contributed by atoms with Gasteiger partial charge in [-0.1, -0.05) is 20.8 Å². The van der Waals surface area contributed by atoms with E-state index in [4.69, 9.17) is 9.47 Å². The average Bonchev–Trinajstić information content (AvgIpc) is 3.43. The second-order valence-electron chi connectivity index (χ2n) is 8.22. The van der Waals surface area contributed by atoms with Crippen LogP contribution in [0.4, 0.5) is 10.6 Å². The highest BCUT2D eigenvalue weighted by Gasteiger charge is 2.31. The summed E-state index contributed by atoms with van der Waals surface area (Å²) in [6.07, 6.45) is 3.12. The van der Waals surface area contributed by atoms with Crippen LogP contribution in [-0.4, -0.2) is 57.1 Å². The number of carbonyl (C=O) groups is 1. The molecule has 2 fully saturated rings. The molecule has 9 heteroatoms. The zero-order chi connectivity index (χ0) is 20.4. The average molecular weight is 400 g/mol. The fourth-order valence-electron chi connectivity index (χ4n) is 3.79. The molecule has 4 heterocycles. The standard InChI is InChI=1S/C20H28N6O3/c1-12(2)15-4-6-21-25-19(15)29-14-8-17(28-11-14)16-9-18(24-23-16)22-20(27)26-7-5-13(3)10-26/h4,6,9,12-14,17H,5,7-8,10-11H2,1-3H3,(H2,22,23,24,27)/t13-,14+,17+/m1/s1. The lowest BCUT2D eigenvalue weighted by Gasteiger charge is -2.15. The third kappa shape index (κ3) is 4.50. The van der Waals surface area contributed by atoms with Crippen molar-refractivity contribution in [3.63, 3.8) is 0 Å². The summed E-state index contributed by atoms with van der Waals surface area (Å²) in [5.74, 6) is 1.92.